The molecular weight excluding hydrogens is 382 g/mol. The van der Waals surface area contributed by atoms with Crippen LogP contribution in [0.15, 0.2) is 18.3 Å². The SMILES string of the molecule is COC1CN(c2cc(NC3CCC(F)(F)CC3)nc(-n3ccc(C)n3)n2)CCO1. The average molecular weight is 408 g/mol. The number of hydrogen-bond acceptors (Lipinski definition) is 7. The van der Waals surface area contributed by atoms with Crippen LogP contribution < -0.4 is 10.2 Å². The Kier molecular flexibility index (Phi) is 5.64. The number of aryl methyl sites for hydroxylation is 1. The van der Waals surface area contributed by atoms with Crippen LogP contribution in [0.1, 0.15) is 31.4 Å². The lowest BCUT2D eigenvalue weighted by atomic mass is 9.92. The summed E-state index contributed by atoms with van der Waals surface area (Å²) in [7, 11) is 1.61. The Bertz CT molecular complexity index is 836. The van der Waals surface area contributed by atoms with Crippen molar-refractivity contribution in [2.75, 3.05) is 37.0 Å². The molecule has 10 heteroatoms. The molecule has 2 aromatic rings. The number of anilines is 2. The summed E-state index contributed by atoms with van der Waals surface area (Å²) in [6.07, 6.45) is 2.08. The van der Waals surface area contributed by atoms with Crippen molar-refractivity contribution in [1.82, 2.24) is 19.7 Å². The second-order valence-electron chi connectivity index (χ2n) is 7.57. The van der Waals surface area contributed by atoms with Crippen LogP contribution in [-0.2, 0) is 9.47 Å². The van der Waals surface area contributed by atoms with Gasteiger partial charge in [-0.05, 0) is 25.8 Å². The first kappa shape index (κ1) is 20.0. The molecule has 0 spiro atoms. The van der Waals surface area contributed by atoms with E-state index in [0.717, 1.165) is 11.5 Å². The molecule has 8 nitrogen and oxygen atoms in total. The summed E-state index contributed by atoms with van der Waals surface area (Å²) < 4.78 is 39.5. The van der Waals surface area contributed by atoms with E-state index < -0.39 is 5.92 Å². The molecule has 1 aliphatic heterocycles. The zero-order valence-electron chi connectivity index (χ0n) is 16.6. The van der Waals surface area contributed by atoms with Gasteiger partial charge in [-0.15, -0.1) is 0 Å². The normalized spacial score (nSPS) is 22.6. The first-order valence-electron chi connectivity index (χ1n) is 9.87. The van der Waals surface area contributed by atoms with Gasteiger partial charge in [0, 0.05) is 44.8 Å². The number of ether oxygens (including phenoxy) is 2. The van der Waals surface area contributed by atoms with Gasteiger partial charge in [-0.25, -0.2) is 13.5 Å². The Morgan fingerprint density at radius 1 is 1.28 bits per heavy atom. The maximum Gasteiger partial charge on any atom is 0.254 e. The molecule has 0 radical (unpaired) electrons. The van der Waals surface area contributed by atoms with Crippen LogP contribution in [-0.4, -0.2) is 64.8 Å². The van der Waals surface area contributed by atoms with Gasteiger partial charge in [0.05, 0.1) is 18.8 Å². The van der Waals surface area contributed by atoms with E-state index in [0.29, 0.717) is 44.3 Å². The lowest BCUT2D eigenvalue weighted by Gasteiger charge is -2.33. The van der Waals surface area contributed by atoms with Crippen LogP contribution in [0.5, 0.6) is 0 Å². The Balaban J connectivity index is 1.60. The van der Waals surface area contributed by atoms with E-state index in [-0.39, 0.29) is 25.2 Å². The van der Waals surface area contributed by atoms with Gasteiger partial charge in [0.25, 0.3) is 5.95 Å². The molecular formula is C19H26F2N6O2. The molecule has 0 aromatic carbocycles. The molecule has 29 heavy (non-hydrogen) atoms. The zero-order valence-corrected chi connectivity index (χ0v) is 16.6. The van der Waals surface area contributed by atoms with Gasteiger partial charge >= 0.3 is 0 Å². The predicted octanol–water partition coefficient (Wildman–Crippen LogP) is 2.77. The Hall–Kier alpha value is -2.33. The monoisotopic (exact) mass is 408 g/mol. The van der Waals surface area contributed by atoms with E-state index in [4.69, 9.17) is 9.47 Å². The fraction of sp³-hybridized carbons (Fsp3) is 0.632. The predicted molar refractivity (Wildman–Crippen MR) is 104 cm³/mol. The number of nitrogens with one attached hydrogen (secondary N) is 1. The molecule has 1 N–H and O–H groups in total. The van der Waals surface area contributed by atoms with Gasteiger partial charge in [0.2, 0.25) is 5.92 Å². The summed E-state index contributed by atoms with van der Waals surface area (Å²) in [5.74, 6) is -0.805. The number of halogens is 2. The van der Waals surface area contributed by atoms with Crippen LogP contribution in [0.4, 0.5) is 20.4 Å². The third-order valence-electron chi connectivity index (χ3n) is 5.32. The van der Waals surface area contributed by atoms with E-state index in [1.807, 2.05) is 19.1 Å². The van der Waals surface area contributed by atoms with E-state index >= 15 is 0 Å². The maximum atomic E-state index is 13.5. The van der Waals surface area contributed by atoms with E-state index in [2.05, 4.69) is 25.3 Å². The third kappa shape index (κ3) is 4.81. The largest absolute Gasteiger partial charge is 0.367 e. The van der Waals surface area contributed by atoms with Crippen molar-refractivity contribution < 1.29 is 18.3 Å². The average Bonchev–Trinajstić information content (AvgIpc) is 3.16. The van der Waals surface area contributed by atoms with Gasteiger partial charge in [-0.1, -0.05) is 0 Å². The molecule has 2 aromatic heterocycles. The van der Waals surface area contributed by atoms with E-state index in [1.54, 1.807) is 18.0 Å². The highest BCUT2D eigenvalue weighted by molar-refractivity contribution is 5.52. The number of aromatic nitrogens is 4. The summed E-state index contributed by atoms with van der Waals surface area (Å²) in [5.41, 5.74) is 0.855. The number of nitrogens with zero attached hydrogens (tertiary/aromatic N) is 5. The molecule has 3 heterocycles. The minimum Gasteiger partial charge on any atom is -0.367 e. The molecule has 158 valence electrons. The number of rotatable bonds is 5. The molecule has 4 rings (SSSR count). The molecule has 0 bridgehead atoms. The van der Waals surface area contributed by atoms with Crippen LogP contribution in [0.3, 0.4) is 0 Å². The lowest BCUT2D eigenvalue weighted by molar-refractivity contribution is -0.128. The van der Waals surface area contributed by atoms with Crippen molar-refractivity contribution in [3.63, 3.8) is 0 Å². The number of hydrogen-bond donors (Lipinski definition) is 1. The van der Waals surface area contributed by atoms with Crippen LogP contribution in [0, 0.1) is 6.92 Å². The summed E-state index contributed by atoms with van der Waals surface area (Å²) in [4.78, 5) is 11.3. The number of morpholine rings is 1. The Morgan fingerprint density at radius 3 is 2.76 bits per heavy atom. The fourth-order valence-corrected chi connectivity index (χ4v) is 3.65. The number of alkyl halides is 2. The molecule has 2 fully saturated rings. The first-order valence-corrected chi connectivity index (χ1v) is 9.87. The van der Waals surface area contributed by atoms with Crippen LogP contribution >= 0.6 is 0 Å². The maximum absolute atomic E-state index is 13.5. The second kappa shape index (κ2) is 8.19. The molecule has 0 amide bonds. The van der Waals surface area contributed by atoms with Crippen molar-refractivity contribution in [2.24, 2.45) is 0 Å². The molecule has 1 unspecified atom stereocenters. The summed E-state index contributed by atoms with van der Waals surface area (Å²) in [6, 6.07) is 3.69. The Morgan fingerprint density at radius 2 is 2.07 bits per heavy atom. The molecule has 1 saturated carbocycles. The lowest BCUT2D eigenvalue weighted by Crippen LogP contribution is -2.43. The van der Waals surface area contributed by atoms with Crippen molar-refractivity contribution in [3.05, 3.63) is 24.0 Å². The van der Waals surface area contributed by atoms with Crippen molar-refractivity contribution in [1.29, 1.82) is 0 Å². The zero-order chi connectivity index (χ0) is 20.4. The highest BCUT2D eigenvalue weighted by Gasteiger charge is 2.35. The van der Waals surface area contributed by atoms with Crippen molar-refractivity contribution >= 4 is 11.6 Å². The Labute approximate surface area is 168 Å². The van der Waals surface area contributed by atoms with Gasteiger partial charge in [0.1, 0.15) is 11.6 Å². The van der Waals surface area contributed by atoms with Gasteiger partial charge in [-0.3, -0.25) is 0 Å². The quantitative estimate of drug-likeness (QED) is 0.815. The molecule has 1 aliphatic carbocycles. The summed E-state index contributed by atoms with van der Waals surface area (Å²) >= 11 is 0. The molecule has 1 atom stereocenters. The fourth-order valence-electron chi connectivity index (χ4n) is 3.65. The van der Waals surface area contributed by atoms with Gasteiger partial charge in [-0.2, -0.15) is 15.1 Å². The van der Waals surface area contributed by atoms with Gasteiger partial charge in [0.15, 0.2) is 6.29 Å². The van der Waals surface area contributed by atoms with E-state index in [9.17, 15) is 8.78 Å². The second-order valence-corrected chi connectivity index (χ2v) is 7.57. The standard InChI is InChI=1S/C19H26F2N6O2/c1-13-5-8-27(25-13)18-23-15(22-14-3-6-19(20,21)7-4-14)11-16(24-18)26-9-10-29-17(12-26)28-2/h5,8,11,14,17H,3-4,6-7,9-10,12H2,1-2H3,(H,22,23,24). The summed E-state index contributed by atoms with van der Waals surface area (Å²) in [6.45, 7) is 3.63. The minimum atomic E-state index is -2.56. The highest BCUT2D eigenvalue weighted by atomic mass is 19.3. The van der Waals surface area contributed by atoms with E-state index in [1.165, 1.54) is 0 Å². The third-order valence-corrected chi connectivity index (χ3v) is 5.32. The van der Waals surface area contributed by atoms with Gasteiger partial charge < -0.3 is 19.7 Å². The van der Waals surface area contributed by atoms with Crippen molar-refractivity contribution in [2.45, 2.75) is 50.9 Å². The van der Waals surface area contributed by atoms with Crippen LogP contribution in [0.25, 0.3) is 5.95 Å². The van der Waals surface area contributed by atoms with Crippen molar-refractivity contribution in [3.8, 4) is 5.95 Å². The first-order chi connectivity index (χ1) is 13.9. The molecule has 2 aliphatic rings. The summed E-state index contributed by atoms with van der Waals surface area (Å²) in [5, 5.41) is 7.73. The molecule has 1 saturated heterocycles. The number of methoxy groups -OCH3 is 1. The topological polar surface area (TPSA) is 77.3 Å². The van der Waals surface area contributed by atoms with Crippen LogP contribution in [0.2, 0.25) is 0 Å². The highest BCUT2D eigenvalue weighted by Crippen LogP contribution is 2.34. The minimum absolute atomic E-state index is 0.0407. The smallest absolute Gasteiger partial charge is 0.254 e.